The van der Waals surface area contributed by atoms with E-state index in [-0.39, 0.29) is 5.91 Å². The van der Waals surface area contributed by atoms with E-state index in [9.17, 15) is 9.59 Å². The molecule has 140 valence electrons. The summed E-state index contributed by atoms with van der Waals surface area (Å²) < 4.78 is 5.88. The lowest BCUT2D eigenvalue weighted by atomic mass is 10.00. The number of aryl methyl sites for hydroxylation is 1. The summed E-state index contributed by atoms with van der Waals surface area (Å²) in [5.74, 6) is 0.666. The fourth-order valence-corrected chi connectivity index (χ4v) is 3.46. The van der Waals surface area contributed by atoms with Gasteiger partial charge in [0.1, 0.15) is 11.6 Å². The van der Waals surface area contributed by atoms with E-state index >= 15 is 0 Å². The minimum absolute atomic E-state index is 0.313. The second-order valence-electron chi connectivity index (χ2n) is 7.06. The van der Waals surface area contributed by atoms with E-state index in [1.807, 2.05) is 37.3 Å². The Kier molecular flexibility index (Phi) is 4.22. The number of piperazine rings is 1. The quantitative estimate of drug-likeness (QED) is 0.821. The molecule has 2 aliphatic heterocycles. The summed E-state index contributed by atoms with van der Waals surface area (Å²) in [6.45, 7) is 5.84. The van der Waals surface area contributed by atoms with Gasteiger partial charge in [-0.25, -0.2) is 4.98 Å². The molecular formula is C20H22N4O3. The Morgan fingerprint density at radius 2 is 1.96 bits per heavy atom. The Hall–Kier alpha value is -3.09. The van der Waals surface area contributed by atoms with Gasteiger partial charge in [-0.2, -0.15) is 0 Å². The highest BCUT2D eigenvalue weighted by Crippen LogP contribution is 2.35. The molecule has 1 saturated heterocycles. The minimum Gasteiger partial charge on any atom is -0.466 e. The van der Waals surface area contributed by atoms with Gasteiger partial charge in [0, 0.05) is 32.4 Å². The standard InChI is InChI=1S/C20H22N4O3/c1-14-6-7-16-15(13-14)22-18(25)20(2,27-16)19(26)24-11-9-23(10-12-24)17-5-3-4-8-21-17/h3-8,13H,9-12H2,1-2H3,(H,22,25). The van der Waals surface area contributed by atoms with Crippen LogP contribution in [0, 0.1) is 6.92 Å². The first-order valence-corrected chi connectivity index (χ1v) is 9.04. The Labute approximate surface area is 157 Å². The molecule has 2 aromatic rings. The number of ether oxygens (including phenoxy) is 1. The molecule has 1 atom stereocenters. The Balaban J connectivity index is 1.48. The van der Waals surface area contributed by atoms with Crippen molar-refractivity contribution < 1.29 is 14.3 Å². The number of pyridine rings is 1. The summed E-state index contributed by atoms with van der Waals surface area (Å²) in [4.78, 5) is 33.9. The molecule has 1 N–H and O–H groups in total. The van der Waals surface area contributed by atoms with Crippen LogP contribution >= 0.6 is 0 Å². The molecular weight excluding hydrogens is 344 g/mol. The molecule has 7 heteroatoms. The molecule has 27 heavy (non-hydrogen) atoms. The summed E-state index contributed by atoms with van der Waals surface area (Å²) in [5, 5.41) is 2.81. The zero-order valence-electron chi connectivity index (χ0n) is 15.4. The van der Waals surface area contributed by atoms with Gasteiger partial charge in [-0.05, 0) is 43.7 Å². The number of nitrogens with one attached hydrogen (secondary N) is 1. The Bertz CT molecular complexity index is 878. The fourth-order valence-electron chi connectivity index (χ4n) is 3.46. The Morgan fingerprint density at radius 3 is 2.67 bits per heavy atom. The first-order chi connectivity index (χ1) is 13.0. The van der Waals surface area contributed by atoms with Crippen LogP contribution in [-0.2, 0) is 9.59 Å². The maximum absolute atomic E-state index is 13.1. The number of benzene rings is 1. The summed E-state index contributed by atoms with van der Waals surface area (Å²) in [5.41, 5.74) is 0.0542. The lowest BCUT2D eigenvalue weighted by Gasteiger charge is -2.40. The molecule has 2 amide bonds. The number of hydrogen-bond acceptors (Lipinski definition) is 5. The number of hydrogen-bond donors (Lipinski definition) is 1. The average Bonchev–Trinajstić information content (AvgIpc) is 2.69. The second kappa shape index (κ2) is 6.57. The number of carbonyl (C=O) groups excluding carboxylic acids is 2. The van der Waals surface area contributed by atoms with Gasteiger partial charge in [0.2, 0.25) is 0 Å². The predicted octanol–water partition coefficient (Wildman–Crippen LogP) is 1.83. The van der Waals surface area contributed by atoms with Crippen LogP contribution in [0.2, 0.25) is 0 Å². The van der Waals surface area contributed by atoms with E-state index in [2.05, 4.69) is 15.2 Å². The fraction of sp³-hybridized carbons (Fsp3) is 0.350. The monoisotopic (exact) mass is 366 g/mol. The minimum atomic E-state index is -1.56. The van der Waals surface area contributed by atoms with Crippen molar-refractivity contribution in [2.45, 2.75) is 19.4 Å². The van der Waals surface area contributed by atoms with Crippen LogP contribution in [0.3, 0.4) is 0 Å². The van der Waals surface area contributed by atoms with Crippen LogP contribution in [0.5, 0.6) is 5.75 Å². The van der Waals surface area contributed by atoms with E-state index in [0.717, 1.165) is 11.4 Å². The van der Waals surface area contributed by atoms with Crippen molar-refractivity contribution in [3.05, 3.63) is 48.2 Å². The molecule has 1 fully saturated rings. The van der Waals surface area contributed by atoms with Crippen molar-refractivity contribution >= 4 is 23.3 Å². The third-order valence-electron chi connectivity index (χ3n) is 5.08. The molecule has 4 rings (SSSR count). The van der Waals surface area contributed by atoms with Crippen LogP contribution < -0.4 is 15.0 Å². The maximum Gasteiger partial charge on any atom is 0.278 e. The van der Waals surface area contributed by atoms with E-state index in [1.165, 1.54) is 0 Å². The summed E-state index contributed by atoms with van der Waals surface area (Å²) in [7, 11) is 0. The first kappa shape index (κ1) is 17.3. The van der Waals surface area contributed by atoms with Crippen molar-refractivity contribution in [1.82, 2.24) is 9.88 Å². The highest BCUT2D eigenvalue weighted by Gasteiger charge is 2.49. The van der Waals surface area contributed by atoms with Gasteiger partial charge < -0.3 is 19.9 Å². The third-order valence-corrected chi connectivity index (χ3v) is 5.08. The van der Waals surface area contributed by atoms with Gasteiger partial charge in [0.15, 0.2) is 0 Å². The average molecular weight is 366 g/mol. The highest BCUT2D eigenvalue weighted by atomic mass is 16.5. The van der Waals surface area contributed by atoms with E-state index < -0.39 is 11.5 Å². The topological polar surface area (TPSA) is 74.8 Å². The second-order valence-corrected chi connectivity index (χ2v) is 7.06. The van der Waals surface area contributed by atoms with Gasteiger partial charge in [0.25, 0.3) is 17.4 Å². The normalized spacial score (nSPS) is 21.9. The van der Waals surface area contributed by atoms with Crippen molar-refractivity contribution in [2.24, 2.45) is 0 Å². The van der Waals surface area contributed by atoms with Gasteiger partial charge in [-0.1, -0.05) is 12.1 Å². The smallest absolute Gasteiger partial charge is 0.278 e. The van der Waals surface area contributed by atoms with E-state index in [0.29, 0.717) is 37.6 Å². The number of nitrogens with zero attached hydrogens (tertiary/aromatic N) is 3. The van der Waals surface area contributed by atoms with E-state index in [4.69, 9.17) is 4.74 Å². The predicted molar refractivity (Wildman–Crippen MR) is 102 cm³/mol. The highest BCUT2D eigenvalue weighted by molar-refractivity contribution is 6.15. The molecule has 0 saturated carbocycles. The lowest BCUT2D eigenvalue weighted by molar-refractivity contribution is -0.154. The zero-order chi connectivity index (χ0) is 19.0. The van der Waals surface area contributed by atoms with Crippen LogP contribution in [0.1, 0.15) is 12.5 Å². The van der Waals surface area contributed by atoms with Gasteiger partial charge in [-0.15, -0.1) is 0 Å². The maximum atomic E-state index is 13.1. The van der Waals surface area contributed by atoms with Crippen LogP contribution in [0.15, 0.2) is 42.6 Å². The SMILES string of the molecule is Cc1ccc2c(c1)NC(=O)C(C)(C(=O)N1CCN(c3ccccn3)CC1)O2. The first-order valence-electron chi connectivity index (χ1n) is 9.04. The number of anilines is 2. The summed E-state index contributed by atoms with van der Waals surface area (Å²) in [6, 6.07) is 11.3. The zero-order valence-corrected chi connectivity index (χ0v) is 15.4. The number of fused-ring (bicyclic) bond motifs is 1. The molecule has 1 aromatic carbocycles. The number of aromatic nitrogens is 1. The van der Waals surface area contributed by atoms with Crippen LogP contribution in [0.4, 0.5) is 11.5 Å². The summed E-state index contributed by atoms with van der Waals surface area (Å²) in [6.07, 6.45) is 1.76. The molecule has 3 heterocycles. The van der Waals surface area contributed by atoms with Crippen molar-refractivity contribution in [1.29, 1.82) is 0 Å². The van der Waals surface area contributed by atoms with Crippen LogP contribution in [-0.4, -0.2) is 53.5 Å². The molecule has 0 bridgehead atoms. The molecule has 1 unspecified atom stereocenters. The molecule has 0 radical (unpaired) electrons. The molecule has 7 nitrogen and oxygen atoms in total. The molecule has 2 aliphatic rings. The van der Waals surface area contributed by atoms with Crippen LogP contribution in [0.25, 0.3) is 0 Å². The number of carbonyl (C=O) groups is 2. The third kappa shape index (κ3) is 3.09. The molecule has 0 spiro atoms. The molecule has 0 aliphatic carbocycles. The number of rotatable bonds is 2. The number of amides is 2. The Morgan fingerprint density at radius 1 is 1.19 bits per heavy atom. The largest absolute Gasteiger partial charge is 0.466 e. The summed E-state index contributed by atoms with van der Waals surface area (Å²) >= 11 is 0. The van der Waals surface area contributed by atoms with Crippen molar-refractivity contribution in [2.75, 3.05) is 36.4 Å². The van der Waals surface area contributed by atoms with Crippen molar-refractivity contribution in [3.8, 4) is 5.75 Å². The van der Waals surface area contributed by atoms with Gasteiger partial charge >= 0.3 is 0 Å². The van der Waals surface area contributed by atoms with Gasteiger partial charge in [-0.3, -0.25) is 9.59 Å². The van der Waals surface area contributed by atoms with Crippen molar-refractivity contribution in [3.63, 3.8) is 0 Å². The molecule has 1 aromatic heterocycles. The van der Waals surface area contributed by atoms with E-state index in [1.54, 1.807) is 24.1 Å². The lowest BCUT2D eigenvalue weighted by Crippen LogP contribution is -2.62. The van der Waals surface area contributed by atoms with Gasteiger partial charge in [0.05, 0.1) is 5.69 Å².